The molecule has 0 aliphatic rings. The molecular formula is C29H3-. The first-order valence-electron chi connectivity index (χ1n) is 7.25. The van der Waals surface area contributed by atoms with Crippen LogP contribution in [0, 0.1) is 166 Å². The predicted octanol–water partition coefficient (Wildman–Crippen LogP) is 0.640. The molecule has 0 aromatic carbocycles. The van der Waals surface area contributed by atoms with Gasteiger partial charge in [-0.1, -0.05) is 5.92 Å². The van der Waals surface area contributed by atoms with Crippen LogP contribution in [0.25, 0.3) is 0 Å². The Morgan fingerprint density at radius 3 is 0.621 bits per heavy atom. The van der Waals surface area contributed by atoms with Crippen LogP contribution in [0.15, 0.2) is 0 Å². The van der Waals surface area contributed by atoms with Gasteiger partial charge in [-0.05, 0) is 102 Å². The van der Waals surface area contributed by atoms with E-state index in [4.69, 9.17) is 6.42 Å². The Hall–Kier alpha value is -6.16. The standard InChI is InChI=1S/C29H3/c1-3-5-7-9-11-13-15-17-19-21-23-25-27-29-28-26-24-22-20-18-16-14-12-10-8-6-4-2/h1H3/q-1. The molecule has 0 N–H and O–H groups in total. The van der Waals surface area contributed by atoms with Crippen molar-refractivity contribution in [2.24, 2.45) is 0 Å². The molecule has 0 saturated heterocycles. The molecule has 0 atom stereocenters. The molecule has 0 bridgehead atoms. The van der Waals surface area contributed by atoms with Crippen molar-refractivity contribution in [3.8, 4) is 160 Å². The first kappa shape index (κ1) is 22.8. The van der Waals surface area contributed by atoms with Crippen molar-refractivity contribution in [1.29, 1.82) is 0 Å². The molecule has 0 rings (SSSR count). The van der Waals surface area contributed by atoms with Crippen LogP contribution in [-0.4, -0.2) is 0 Å². The van der Waals surface area contributed by atoms with Crippen LogP contribution in [-0.2, 0) is 0 Å². The van der Waals surface area contributed by atoms with Crippen LogP contribution < -0.4 is 0 Å². The monoisotopic (exact) mass is 351 g/mol. The van der Waals surface area contributed by atoms with Gasteiger partial charge < -0.3 is 6.42 Å². The maximum absolute atomic E-state index is 6.53. The van der Waals surface area contributed by atoms with Crippen LogP contribution in [0.5, 0.6) is 0 Å². The zero-order valence-corrected chi connectivity index (χ0v) is 15.0. The van der Waals surface area contributed by atoms with E-state index in [0.717, 1.165) is 0 Å². The maximum atomic E-state index is 6.53. The number of hydrogen-bond acceptors (Lipinski definition) is 0. The van der Waals surface area contributed by atoms with Gasteiger partial charge in [0, 0.05) is 41.4 Å². The third-order valence-corrected chi connectivity index (χ3v) is 1.69. The highest BCUT2D eigenvalue weighted by atomic mass is 13.6. The summed E-state index contributed by atoms with van der Waals surface area (Å²) in [6.45, 7) is 1.69. The predicted molar refractivity (Wildman–Crippen MR) is 114 cm³/mol. The third-order valence-electron chi connectivity index (χ3n) is 1.69. The molecule has 120 valence electrons. The van der Waals surface area contributed by atoms with Gasteiger partial charge in [-0.2, -0.15) is 0 Å². The Morgan fingerprint density at radius 2 is 0.448 bits per heavy atom. The average Bonchev–Trinajstić information content (AvgIpc) is 2.74. The average molecular weight is 351 g/mol. The van der Waals surface area contributed by atoms with Gasteiger partial charge >= 0.3 is 0 Å². The first-order valence-corrected chi connectivity index (χ1v) is 7.25. The molecule has 29 heavy (non-hydrogen) atoms. The van der Waals surface area contributed by atoms with Crippen LogP contribution in [0.3, 0.4) is 0 Å². The second-order valence-electron chi connectivity index (χ2n) is 3.50. The van der Waals surface area contributed by atoms with Gasteiger partial charge in [0.05, 0.1) is 0 Å². The molecule has 0 heterocycles. The van der Waals surface area contributed by atoms with Crippen molar-refractivity contribution in [3.63, 3.8) is 0 Å². The van der Waals surface area contributed by atoms with E-state index in [1.54, 1.807) is 6.92 Å². The lowest BCUT2D eigenvalue weighted by atomic mass is 10.4. The fraction of sp³-hybridized carbons (Fsp3) is 0.0345. The molecule has 0 aliphatic heterocycles. The summed E-state index contributed by atoms with van der Waals surface area (Å²) in [6, 6.07) is 0. The largest absolute Gasteiger partial charge is 0.358 e. The van der Waals surface area contributed by atoms with Gasteiger partial charge in [0.25, 0.3) is 0 Å². The second-order valence-corrected chi connectivity index (χ2v) is 3.50. The van der Waals surface area contributed by atoms with Crippen LogP contribution in [0.4, 0.5) is 0 Å². The SMILES string of the molecule is [C-]#CC#CC#CC#CC#CC#CC#CC#CC#CC#CC#CC#CC#CC#CC. The molecule has 0 fully saturated rings. The molecular weight excluding hydrogens is 348 g/mol. The van der Waals surface area contributed by atoms with E-state index in [1.807, 2.05) is 5.92 Å². The molecule has 0 amide bonds. The van der Waals surface area contributed by atoms with E-state index < -0.39 is 0 Å². The minimum Gasteiger partial charge on any atom is -0.358 e. The van der Waals surface area contributed by atoms with Crippen molar-refractivity contribution < 1.29 is 0 Å². The Balaban J connectivity index is 4.45. The highest BCUT2D eigenvalue weighted by Gasteiger charge is 1.59. The second kappa shape index (κ2) is 21.8. The van der Waals surface area contributed by atoms with Crippen molar-refractivity contribution in [1.82, 2.24) is 0 Å². The quantitative estimate of drug-likeness (QED) is 0.444. The molecule has 0 aromatic heterocycles. The topological polar surface area (TPSA) is 0 Å². The summed E-state index contributed by atoms with van der Waals surface area (Å²) in [5.74, 6) is 66.3. The molecule has 0 saturated carbocycles. The van der Waals surface area contributed by atoms with Crippen molar-refractivity contribution >= 4 is 0 Å². The molecule has 0 aliphatic carbocycles. The highest BCUT2D eigenvalue weighted by Crippen LogP contribution is 1.59. The van der Waals surface area contributed by atoms with Gasteiger partial charge in [-0.25, -0.2) is 5.92 Å². The van der Waals surface area contributed by atoms with Crippen LogP contribution >= 0.6 is 0 Å². The molecule has 0 nitrogen and oxygen atoms in total. The zero-order valence-electron chi connectivity index (χ0n) is 15.0. The maximum Gasteiger partial charge on any atom is 0 e. The lowest BCUT2D eigenvalue weighted by Gasteiger charge is -1.63. The minimum absolute atomic E-state index is 1.69. The fourth-order valence-corrected chi connectivity index (χ4v) is 0.812. The van der Waals surface area contributed by atoms with Crippen molar-refractivity contribution in [2.45, 2.75) is 6.92 Å². The smallest absolute Gasteiger partial charge is 0 e. The first-order chi connectivity index (χ1) is 14.4. The summed E-state index contributed by atoms with van der Waals surface area (Å²) in [7, 11) is 0. The normalized spacial score (nSPS) is 3.86. The summed E-state index contributed by atoms with van der Waals surface area (Å²) >= 11 is 0. The number of hydrogen-bond donors (Lipinski definition) is 0. The Bertz CT molecular complexity index is 1510. The Morgan fingerprint density at radius 1 is 0.276 bits per heavy atom. The van der Waals surface area contributed by atoms with Crippen molar-refractivity contribution in [3.05, 3.63) is 6.42 Å². The van der Waals surface area contributed by atoms with Gasteiger partial charge in [0.15, 0.2) is 0 Å². The van der Waals surface area contributed by atoms with E-state index in [2.05, 4.69) is 154 Å². The molecule has 0 heteroatoms. The van der Waals surface area contributed by atoms with Gasteiger partial charge in [-0.3, -0.25) is 5.92 Å². The molecule has 0 unspecified atom stereocenters. The third kappa shape index (κ3) is 21.8. The van der Waals surface area contributed by atoms with Crippen LogP contribution in [0.2, 0.25) is 0 Å². The van der Waals surface area contributed by atoms with E-state index in [9.17, 15) is 0 Å². The van der Waals surface area contributed by atoms with E-state index >= 15 is 0 Å². The van der Waals surface area contributed by atoms with E-state index in [1.165, 1.54) is 0 Å². The van der Waals surface area contributed by atoms with Gasteiger partial charge in [0.1, 0.15) is 0 Å². The number of rotatable bonds is 0. The highest BCUT2D eigenvalue weighted by molar-refractivity contribution is 5.48. The zero-order chi connectivity index (χ0) is 21.1. The lowest BCUT2D eigenvalue weighted by molar-refractivity contribution is 1.92. The summed E-state index contributed by atoms with van der Waals surface area (Å²) in [6.07, 6.45) is 6.53. The van der Waals surface area contributed by atoms with E-state index in [0.29, 0.717) is 0 Å². The summed E-state index contributed by atoms with van der Waals surface area (Å²) in [5, 5.41) is 0. The summed E-state index contributed by atoms with van der Waals surface area (Å²) < 4.78 is 0. The Labute approximate surface area is 173 Å². The van der Waals surface area contributed by atoms with Crippen LogP contribution in [0.1, 0.15) is 6.92 Å². The Kier molecular flexibility index (Phi) is 17.2. The summed E-state index contributed by atoms with van der Waals surface area (Å²) in [5.41, 5.74) is 0. The molecule has 0 aromatic rings. The van der Waals surface area contributed by atoms with Crippen molar-refractivity contribution in [2.75, 3.05) is 0 Å². The fourth-order valence-electron chi connectivity index (χ4n) is 0.812. The summed E-state index contributed by atoms with van der Waals surface area (Å²) in [4.78, 5) is 0. The molecule has 0 spiro atoms. The lowest BCUT2D eigenvalue weighted by Crippen LogP contribution is -1.57. The molecule has 0 radical (unpaired) electrons. The van der Waals surface area contributed by atoms with E-state index in [-0.39, 0.29) is 0 Å². The van der Waals surface area contributed by atoms with Gasteiger partial charge in [0.2, 0.25) is 0 Å². The minimum atomic E-state index is 1.69. The van der Waals surface area contributed by atoms with Gasteiger partial charge in [-0.15, -0.1) is 5.92 Å².